The summed E-state index contributed by atoms with van der Waals surface area (Å²) in [6, 6.07) is 6.77. The van der Waals surface area contributed by atoms with Crippen LogP contribution in [0.3, 0.4) is 0 Å². The van der Waals surface area contributed by atoms with Crippen LogP contribution in [-0.2, 0) is 11.3 Å². The van der Waals surface area contributed by atoms with Crippen LogP contribution in [0.25, 0.3) is 0 Å². The van der Waals surface area contributed by atoms with Gasteiger partial charge in [0.05, 0.1) is 0 Å². The van der Waals surface area contributed by atoms with Gasteiger partial charge >= 0.3 is 0 Å². The molecule has 0 spiro atoms. The lowest BCUT2D eigenvalue weighted by atomic mass is 10.1. The fraction of sp³-hybridized carbons (Fsp3) is 0.417. The van der Waals surface area contributed by atoms with Crippen LogP contribution < -0.4 is 11.1 Å². The van der Waals surface area contributed by atoms with Crippen LogP contribution >= 0.6 is 0 Å². The molecule has 0 aliphatic carbocycles. The van der Waals surface area contributed by atoms with Crippen LogP contribution in [0.5, 0.6) is 5.75 Å². The fourth-order valence-corrected chi connectivity index (χ4v) is 1.36. The number of nitrogens with one attached hydrogen (secondary N) is 1. The van der Waals surface area contributed by atoms with Crippen molar-refractivity contribution in [2.45, 2.75) is 19.9 Å². The first-order valence-electron chi connectivity index (χ1n) is 5.39. The van der Waals surface area contributed by atoms with E-state index in [0.29, 0.717) is 19.5 Å². The Morgan fingerprint density at radius 2 is 2.06 bits per heavy atom. The van der Waals surface area contributed by atoms with E-state index in [4.69, 9.17) is 10.8 Å². The molecule has 1 amide bonds. The van der Waals surface area contributed by atoms with Crippen molar-refractivity contribution < 1.29 is 9.90 Å². The maximum Gasteiger partial charge on any atom is 0.223 e. The highest BCUT2D eigenvalue weighted by atomic mass is 16.3. The molecule has 1 unspecified atom stereocenters. The van der Waals surface area contributed by atoms with Crippen molar-refractivity contribution in [3.63, 3.8) is 0 Å². The Hall–Kier alpha value is -1.55. The van der Waals surface area contributed by atoms with Crippen LogP contribution in [0.4, 0.5) is 0 Å². The molecule has 4 N–H and O–H groups in total. The van der Waals surface area contributed by atoms with Crippen LogP contribution in [0.2, 0.25) is 0 Å². The molecule has 88 valence electrons. The molecular weight excluding hydrogens is 204 g/mol. The average Bonchev–Trinajstić information content (AvgIpc) is 2.28. The molecule has 0 aliphatic rings. The Bertz CT molecular complexity index is 335. The number of nitrogens with two attached hydrogens (primary N) is 1. The highest BCUT2D eigenvalue weighted by molar-refractivity contribution is 5.78. The predicted molar refractivity (Wildman–Crippen MR) is 62.8 cm³/mol. The molecule has 4 nitrogen and oxygen atoms in total. The summed E-state index contributed by atoms with van der Waals surface area (Å²) < 4.78 is 0. The molecule has 16 heavy (non-hydrogen) atoms. The van der Waals surface area contributed by atoms with Crippen LogP contribution in [0, 0.1) is 5.92 Å². The van der Waals surface area contributed by atoms with Gasteiger partial charge in [0.25, 0.3) is 0 Å². The van der Waals surface area contributed by atoms with Gasteiger partial charge in [-0.2, -0.15) is 0 Å². The predicted octanol–water partition coefficient (Wildman–Crippen LogP) is 0.993. The van der Waals surface area contributed by atoms with Gasteiger partial charge in [-0.3, -0.25) is 4.79 Å². The Labute approximate surface area is 95.5 Å². The number of aromatic hydroxyl groups is 1. The first kappa shape index (κ1) is 12.5. The quantitative estimate of drug-likeness (QED) is 0.695. The Morgan fingerprint density at radius 1 is 1.44 bits per heavy atom. The molecule has 1 atom stereocenters. The summed E-state index contributed by atoms with van der Waals surface area (Å²) in [5.74, 6) is 0.187. The van der Waals surface area contributed by atoms with E-state index >= 15 is 0 Å². The molecule has 0 fully saturated rings. The van der Waals surface area contributed by atoms with Gasteiger partial charge in [-0.05, 0) is 30.7 Å². The zero-order valence-electron chi connectivity index (χ0n) is 9.44. The average molecular weight is 222 g/mol. The topological polar surface area (TPSA) is 75.4 Å². The van der Waals surface area contributed by atoms with Gasteiger partial charge in [-0.1, -0.05) is 19.1 Å². The third-order valence-electron chi connectivity index (χ3n) is 2.45. The van der Waals surface area contributed by atoms with E-state index < -0.39 is 0 Å². The van der Waals surface area contributed by atoms with E-state index in [2.05, 4.69) is 5.32 Å². The molecule has 4 heteroatoms. The van der Waals surface area contributed by atoms with Gasteiger partial charge < -0.3 is 16.2 Å². The summed E-state index contributed by atoms with van der Waals surface area (Å²) in [6.45, 7) is 2.86. The molecule has 0 aromatic heterocycles. The fourth-order valence-electron chi connectivity index (χ4n) is 1.36. The normalized spacial score (nSPS) is 12.1. The van der Waals surface area contributed by atoms with Crippen LogP contribution in [-0.4, -0.2) is 17.6 Å². The lowest BCUT2D eigenvalue weighted by molar-refractivity contribution is -0.124. The van der Waals surface area contributed by atoms with Gasteiger partial charge in [-0.25, -0.2) is 0 Å². The van der Waals surface area contributed by atoms with E-state index in [1.165, 1.54) is 0 Å². The Morgan fingerprint density at radius 3 is 2.62 bits per heavy atom. The summed E-state index contributed by atoms with van der Waals surface area (Å²) >= 11 is 0. The van der Waals surface area contributed by atoms with Crippen LogP contribution in [0.15, 0.2) is 24.3 Å². The maximum atomic E-state index is 11.6. The number of carbonyl (C=O) groups excluding carboxylic acids is 1. The molecule has 0 aliphatic heterocycles. The lowest BCUT2D eigenvalue weighted by Gasteiger charge is -2.10. The van der Waals surface area contributed by atoms with Gasteiger partial charge in [0.1, 0.15) is 5.75 Å². The largest absolute Gasteiger partial charge is 0.508 e. The minimum absolute atomic E-state index is 0.0125. The monoisotopic (exact) mass is 222 g/mol. The van der Waals surface area contributed by atoms with Crippen LogP contribution in [0.1, 0.15) is 18.9 Å². The van der Waals surface area contributed by atoms with E-state index in [0.717, 1.165) is 5.56 Å². The van der Waals surface area contributed by atoms with Gasteiger partial charge in [0, 0.05) is 12.5 Å². The number of benzene rings is 1. The minimum atomic E-state index is -0.0536. The molecule has 1 aromatic rings. The van der Waals surface area contributed by atoms with E-state index in [-0.39, 0.29) is 17.6 Å². The third kappa shape index (κ3) is 3.90. The Kier molecular flexibility index (Phi) is 4.79. The number of phenols is 1. The van der Waals surface area contributed by atoms with Crippen molar-refractivity contribution in [3.05, 3.63) is 29.8 Å². The highest BCUT2D eigenvalue weighted by Gasteiger charge is 2.10. The van der Waals surface area contributed by atoms with Crippen molar-refractivity contribution in [2.75, 3.05) is 6.54 Å². The van der Waals surface area contributed by atoms with Crippen molar-refractivity contribution in [3.8, 4) is 5.75 Å². The second-order valence-electron chi connectivity index (χ2n) is 3.86. The Balaban J connectivity index is 2.39. The summed E-state index contributed by atoms with van der Waals surface area (Å²) in [6.07, 6.45) is 0.696. The third-order valence-corrected chi connectivity index (χ3v) is 2.45. The molecule has 0 saturated heterocycles. The smallest absolute Gasteiger partial charge is 0.223 e. The zero-order chi connectivity index (χ0) is 12.0. The maximum absolute atomic E-state index is 11.6. The zero-order valence-corrected chi connectivity index (χ0v) is 9.44. The standard InChI is InChI=1S/C12H18N2O2/c1-9(6-7-13)12(16)14-8-10-2-4-11(15)5-3-10/h2-5,9,15H,6-8,13H2,1H3,(H,14,16). The molecule has 0 saturated carbocycles. The number of hydrogen-bond donors (Lipinski definition) is 3. The van der Waals surface area contributed by atoms with E-state index in [9.17, 15) is 4.79 Å². The lowest BCUT2D eigenvalue weighted by Crippen LogP contribution is -2.29. The molecule has 1 aromatic carbocycles. The molecule has 1 rings (SSSR count). The molecule has 0 radical (unpaired) electrons. The van der Waals surface area contributed by atoms with Crippen molar-refractivity contribution in [1.29, 1.82) is 0 Å². The number of carbonyl (C=O) groups is 1. The van der Waals surface area contributed by atoms with Gasteiger partial charge in [-0.15, -0.1) is 0 Å². The first-order valence-corrected chi connectivity index (χ1v) is 5.39. The summed E-state index contributed by atoms with van der Waals surface area (Å²) in [7, 11) is 0. The SMILES string of the molecule is CC(CCN)C(=O)NCc1ccc(O)cc1. The summed E-state index contributed by atoms with van der Waals surface area (Å²) in [5, 5.41) is 11.9. The number of amides is 1. The van der Waals surface area contributed by atoms with E-state index in [1.807, 2.05) is 6.92 Å². The van der Waals surface area contributed by atoms with Crippen molar-refractivity contribution in [1.82, 2.24) is 5.32 Å². The van der Waals surface area contributed by atoms with Gasteiger partial charge in [0.15, 0.2) is 0 Å². The minimum Gasteiger partial charge on any atom is -0.508 e. The summed E-state index contributed by atoms with van der Waals surface area (Å²) in [5.41, 5.74) is 6.35. The highest BCUT2D eigenvalue weighted by Crippen LogP contribution is 2.09. The molecular formula is C12H18N2O2. The number of phenolic OH excluding ortho intramolecular Hbond substituents is 1. The second-order valence-corrected chi connectivity index (χ2v) is 3.86. The molecule has 0 bridgehead atoms. The number of rotatable bonds is 5. The van der Waals surface area contributed by atoms with Gasteiger partial charge in [0.2, 0.25) is 5.91 Å². The molecule has 0 heterocycles. The second kappa shape index (κ2) is 6.12. The first-order chi connectivity index (χ1) is 7.63. The van der Waals surface area contributed by atoms with Crippen molar-refractivity contribution >= 4 is 5.91 Å². The summed E-state index contributed by atoms with van der Waals surface area (Å²) in [4.78, 5) is 11.6. The number of hydrogen-bond acceptors (Lipinski definition) is 3. The van der Waals surface area contributed by atoms with E-state index in [1.54, 1.807) is 24.3 Å². The van der Waals surface area contributed by atoms with Crippen molar-refractivity contribution in [2.24, 2.45) is 11.7 Å².